The third-order valence-electron chi connectivity index (χ3n) is 3.28. The van der Waals surface area contributed by atoms with Crippen molar-refractivity contribution in [3.05, 3.63) is 35.2 Å². The molecule has 8 heteroatoms. The number of benzene rings is 1. The number of aliphatic hydroxyl groups is 1. The largest absolute Gasteiger partial charge is 0.407 e. The Bertz CT molecular complexity index is 610. The number of rotatable bonds is 2. The van der Waals surface area contributed by atoms with Gasteiger partial charge in [-0.25, -0.2) is 9.64 Å². The predicted octanol–water partition coefficient (Wildman–Crippen LogP) is 2.49. The maximum Gasteiger partial charge on any atom is 0.407 e. The van der Waals surface area contributed by atoms with Crippen molar-refractivity contribution in [2.24, 2.45) is 0 Å². The topological polar surface area (TPSA) is 48.1 Å². The van der Waals surface area contributed by atoms with Crippen LogP contribution in [-0.2, 0) is 6.18 Å². The normalized spacial score (nSPS) is 19.0. The second kappa shape index (κ2) is 5.26. The third-order valence-corrected chi connectivity index (χ3v) is 3.28. The summed E-state index contributed by atoms with van der Waals surface area (Å²) in [5.41, 5.74) is -1.59. The van der Waals surface area contributed by atoms with Gasteiger partial charge in [-0.15, -0.1) is 0 Å². The van der Waals surface area contributed by atoms with Gasteiger partial charge in [-0.1, -0.05) is 6.07 Å². The summed E-state index contributed by atoms with van der Waals surface area (Å²) in [6.45, 7) is 6.65. The fourth-order valence-electron chi connectivity index (χ4n) is 2.28. The smallest absolute Gasteiger partial charge is 0.394 e. The highest BCUT2D eigenvalue weighted by Crippen LogP contribution is 2.39. The second-order valence-electron chi connectivity index (χ2n) is 4.68. The highest BCUT2D eigenvalue weighted by molar-refractivity contribution is 5.95. The van der Waals surface area contributed by atoms with Crippen LogP contribution in [0.3, 0.4) is 0 Å². The van der Waals surface area contributed by atoms with Crippen molar-refractivity contribution in [1.29, 1.82) is 0 Å². The molecule has 2 rings (SSSR count). The van der Waals surface area contributed by atoms with Crippen LogP contribution < -0.4 is 4.90 Å². The van der Waals surface area contributed by atoms with Gasteiger partial charge in [0.05, 0.1) is 24.8 Å². The standard InChI is InChI=1S/C13H12F3N3O2/c1-17-11-4-3-8(5-10(11)13(14,15)16)19-9(7-20)6-18(2)12(19)21/h3-5,9,20H,6-7H2,2H3/t9-/m1/s1. The Morgan fingerprint density at radius 2 is 2.14 bits per heavy atom. The Morgan fingerprint density at radius 1 is 1.48 bits per heavy atom. The molecule has 0 saturated carbocycles. The number of halogens is 3. The van der Waals surface area contributed by atoms with Gasteiger partial charge in [0.25, 0.3) is 0 Å². The van der Waals surface area contributed by atoms with Crippen LogP contribution in [0.2, 0.25) is 0 Å². The average molecular weight is 299 g/mol. The lowest BCUT2D eigenvalue weighted by Crippen LogP contribution is -2.36. The zero-order chi connectivity index (χ0) is 15.8. The van der Waals surface area contributed by atoms with Crippen LogP contribution in [0.25, 0.3) is 4.85 Å². The van der Waals surface area contributed by atoms with Gasteiger partial charge >= 0.3 is 12.2 Å². The zero-order valence-corrected chi connectivity index (χ0v) is 11.1. The third kappa shape index (κ3) is 2.64. The van der Waals surface area contributed by atoms with E-state index in [2.05, 4.69) is 4.85 Å². The lowest BCUT2D eigenvalue weighted by Gasteiger charge is -2.23. The first-order chi connectivity index (χ1) is 9.79. The minimum absolute atomic E-state index is 0.0168. The first-order valence-electron chi connectivity index (χ1n) is 6.03. The van der Waals surface area contributed by atoms with Gasteiger partial charge in [0.15, 0.2) is 5.69 Å². The van der Waals surface area contributed by atoms with Gasteiger partial charge in [0.1, 0.15) is 0 Å². The molecule has 1 atom stereocenters. The van der Waals surface area contributed by atoms with Crippen LogP contribution in [0.4, 0.5) is 29.3 Å². The molecule has 1 aromatic rings. The van der Waals surface area contributed by atoms with E-state index in [9.17, 15) is 23.1 Å². The van der Waals surface area contributed by atoms with Crippen molar-refractivity contribution in [1.82, 2.24) is 4.90 Å². The van der Waals surface area contributed by atoms with E-state index in [1.807, 2.05) is 0 Å². The molecule has 0 spiro atoms. The Hall–Kier alpha value is -2.27. The molecule has 1 aliphatic rings. The number of nitrogens with zero attached hydrogens (tertiary/aromatic N) is 3. The van der Waals surface area contributed by atoms with Crippen LogP contribution >= 0.6 is 0 Å². The number of hydrogen-bond acceptors (Lipinski definition) is 2. The molecule has 1 fully saturated rings. The van der Waals surface area contributed by atoms with Crippen molar-refractivity contribution >= 4 is 17.4 Å². The molecule has 1 heterocycles. The summed E-state index contributed by atoms with van der Waals surface area (Å²) in [5.74, 6) is 0. The van der Waals surface area contributed by atoms with Gasteiger partial charge in [-0.2, -0.15) is 13.2 Å². The van der Waals surface area contributed by atoms with Crippen LogP contribution in [0.15, 0.2) is 18.2 Å². The number of likely N-dealkylation sites (N-methyl/N-ethyl adjacent to an activating group) is 1. The van der Waals surface area contributed by atoms with Crippen LogP contribution in [0, 0.1) is 6.57 Å². The number of carbonyl (C=O) groups is 1. The van der Waals surface area contributed by atoms with Gasteiger partial charge in [-0.05, 0) is 12.1 Å². The van der Waals surface area contributed by atoms with E-state index in [0.717, 1.165) is 17.0 Å². The maximum absolute atomic E-state index is 12.9. The van der Waals surface area contributed by atoms with Crippen molar-refractivity contribution in [2.45, 2.75) is 12.2 Å². The number of aliphatic hydroxyl groups excluding tert-OH is 1. The number of hydrogen-bond donors (Lipinski definition) is 1. The van der Waals surface area contributed by atoms with Crippen LogP contribution in [-0.4, -0.2) is 42.3 Å². The molecule has 112 valence electrons. The summed E-state index contributed by atoms with van der Waals surface area (Å²) in [4.78, 5) is 17.3. The molecule has 2 amide bonds. The summed E-state index contributed by atoms with van der Waals surface area (Å²) in [6, 6.07) is 1.99. The SMILES string of the molecule is [C-]#[N+]c1ccc(N2C(=O)N(C)C[C@@H]2CO)cc1C(F)(F)F. The summed E-state index contributed by atoms with van der Waals surface area (Å²) >= 11 is 0. The summed E-state index contributed by atoms with van der Waals surface area (Å²) in [5, 5.41) is 9.27. The molecule has 0 aromatic heterocycles. The number of anilines is 1. The van der Waals surface area contributed by atoms with Crippen LogP contribution in [0.5, 0.6) is 0 Å². The zero-order valence-electron chi connectivity index (χ0n) is 11.1. The molecule has 0 radical (unpaired) electrons. The molecule has 0 bridgehead atoms. The summed E-state index contributed by atoms with van der Waals surface area (Å²) in [6.07, 6.45) is -4.68. The molecule has 1 N–H and O–H groups in total. The fourth-order valence-corrected chi connectivity index (χ4v) is 2.28. The van der Waals surface area contributed by atoms with Gasteiger partial charge in [0, 0.05) is 19.3 Å². The molecule has 1 aliphatic heterocycles. The van der Waals surface area contributed by atoms with E-state index in [4.69, 9.17) is 6.57 Å². The highest BCUT2D eigenvalue weighted by Gasteiger charge is 2.38. The van der Waals surface area contributed by atoms with E-state index in [1.165, 1.54) is 18.0 Å². The predicted molar refractivity (Wildman–Crippen MR) is 69.1 cm³/mol. The monoisotopic (exact) mass is 299 g/mol. The number of urea groups is 1. The molecule has 21 heavy (non-hydrogen) atoms. The molecule has 0 aliphatic carbocycles. The molecule has 5 nitrogen and oxygen atoms in total. The summed E-state index contributed by atoms with van der Waals surface area (Å²) in [7, 11) is 1.50. The van der Waals surface area contributed by atoms with Gasteiger partial charge in [0.2, 0.25) is 0 Å². The van der Waals surface area contributed by atoms with Crippen LogP contribution in [0.1, 0.15) is 5.56 Å². The van der Waals surface area contributed by atoms with Gasteiger partial charge in [-0.3, -0.25) is 4.90 Å². The number of alkyl halides is 3. The Kier molecular flexibility index (Phi) is 3.78. The maximum atomic E-state index is 12.9. The lowest BCUT2D eigenvalue weighted by molar-refractivity contribution is -0.136. The van der Waals surface area contributed by atoms with E-state index in [0.29, 0.717) is 0 Å². The van der Waals surface area contributed by atoms with E-state index in [-0.39, 0.29) is 18.8 Å². The molecule has 1 aromatic carbocycles. The quantitative estimate of drug-likeness (QED) is 0.853. The molecular formula is C13H12F3N3O2. The van der Waals surface area contributed by atoms with E-state index in [1.54, 1.807) is 0 Å². The van der Waals surface area contributed by atoms with Crippen molar-refractivity contribution in [3.8, 4) is 0 Å². The molecule has 0 unspecified atom stereocenters. The minimum Gasteiger partial charge on any atom is -0.394 e. The second-order valence-corrected chi connectivity index (χ2v) is 4.68. The Labute approximate surface area is 119 Å². The average Bonchev–Trinajstić information content (AvgIpc) is 2.72. The van der Waals surface area contributed by atoms with E-state index < -0.39 is 29.5 Å². The first-order valence-corrected chi connectivity index (χ1v) is 6.03. The Balaban J connectivity index is 2.51. The fraction of sp³-hybridized carbons (Fsp3) is 0.385. The van der Waals surface area contributed by atoms with Gasteiger partial charge < -0.3 is 10.0 Å². The number of amides is 2. The summed E-state index contributed by atoms with van der Waals surface area (Å²) < 4.78 is 38.8. The molecular weight excluding hydrogens is 287 g/mol. The minimum atomic E-state index is -4.68. The van der Waals surface area contributed by atoms with E-state index >= 15 is 0 Å². The molecule has 1 saturated heterocycles. The van der Waals surface area contributed by atoms with Crippen molar-refractivity contribution < 1.29 is 23.1 Å². The van der Waals surface area contributed by atoms with Crippen molar-refractivity contribution in [3.63, 3.8) is 0 Å². The first kappa shape index (κ1) is 15.1. The highest BCUT2D eigenvalue weighted by atomic mass is 19.4. The Morgan fingerprint density at radius 3 is 2.67 bits per heavy atom. The van der Waals surface area contributed by atoms with Crippen molar-refractivity contribution in [2.75, 3.05) is 25.1 Å². The lowest BCUT2D eigenvalue weighted by atomic mass is 10.1. The number of carbonyl (C=O) groups excluding carboxylic acids is 1.